The Balaban J connectivity index is 1.81. The van der Waals surface area contributed by atoms with Gasteiger partial charge in [-0.15, -0.1) is 22.7 Å². The van der Waals surface area contributed by atoms with Crippen molar-refractivity contribution in [3.05, 3.63) is 43.7 Å². The van der Waals surface area contributed by atoms with Gasteiger partial charge in [-0.25, -0.2) is 0 Å². The van der Waals surface area contributed by atoms with Crippen LogP contribution in [0, 0.1) is 0 Å². The number of rotatable bonds is 5. The summed E-state index contributed by atoms with van der Waals surface area (Å²) in [4.78, 5) is 16.1. The molecule has 0 saturated heterocycles. The molecule has 0 fully saturated rings. The molecule has 0 N–H and O–H groups in total. The van der Waals surface area contributed by atoms with E-state index < -0.39 is 0 Å². The highest BCUT2D eigenvalue weighted by Crippen LogP contribution is 2.22. The van der Waals surface area contributed by atoms with E-state index >= 15 is 0 Å². The Morgan fingerprint density at radius 2 is 2.17 bits per heavy atom. The second-order valence-electron chi connectivity index (χ2n) is 4.03. The van der Waals surface area contributed by atoms with Gasteiger partial charge < -0.3 is 4.90 Å². The Morgan fingerprint density at radius 1 is 1.33 bits per heavy atom. The van der Waals surface area contributed by atoms with Crippen LogP contribution in [0.3, 0.4) is 0 Å². The third-order valence-corrected chi connectivity index (χ3v) is 4.77. The van der Waals surface area contributed by atoms with Crippen LogP contribution in [-0.2, 0) is 17.8 Å². The molecule has 2 aromatic heterocycles. The molecule has 0 aromatic carbocycles. The summed E-state index contributed by atoms with van der Waals surface area (Å²) in [5.41, 5.74) is 0. The summed E-state index contributed by atoms with van der Waals surface area (Å²) in [5.74, 6) is 0.174. The van der Waals surface area contributed by atoms with E-state index in [2.05, 4.69) is 6.07 Å². The Hall–Kier alpha value is -0.840. The van der Waals surface area contributed by atoms with Crippen LogP contribution in [0.15, 0.2) is 29.6 Å². The number of aryl methyl sites for hydroxylation is 1. The quantitative estimate of drug-likeness (QED) is 0.815. The van der Waals surface area contributed by atoms with Crippen molar-refractivity contribution < 1.29 is 4.79 Å². The highest BCUT2D eigenvalue weighted by molar-refractivity contribution is 7.16. The van der Waals surface area contributed by atoms with E-state index in [9.17, 15) is 4.79 Å². The molecule has 0 aliphatic rings. The third kappa shape index (κ3) is 3.83. The fourth-order valence-electron chi connectivity index (χ4n) is 1.63. The molecule has 2 aromatic rings. The zero-order valence-electron chi connectivity index (χ0n) is 10.1. The van der Waals surface area contributed by atoms with E-state index in [0.29, 0.717) is 13.0 Å². The maximum atomic E-state index is 12.0. The number of halogens is 1. The number of amides is 1. The number of hydrogen-bond donors (Lipinski definition) is 0. The average Bonchev–Trinajstić information content (AvgIpc) is 2.97. The molecule has 0 bridgehead atoms. The van der Waals surface area contributed by atoms with Gasteiger partial charge in [-0.3, -0.25) is 4.79 Å². The molecule has 18 heavy (non-hydrogen) atoms. The fourth-order valence-corrected chi connectivity index (χ4v) is 3.48. The van der Waals surface area contributed by atoms with E-state index in [1.165, 1.54) is 16.2 Å². The number of hydrogen-bond acceptors (Lipinski definition) is 3. The zero-order chi connectivity index (χ0) is 13.0. The van der Waals surface area contributed by atoms with Crippen molar-refractivity contribution in [1.82, 2.24) is 4.90 Å². The van der Waals surface area contributed by atoms with Gasteiger partial charge in [-0.1, -0.05) is 17.7 Å². The van der Waals surface area contributed by atoms with Crippen LogP contribution < -0.4 is 0 Å². The molecule has 96 valence electrons. The highest BCUT2D eigenvalue weighted by Gasteiger charge is 2.10. The maximum Gasteiger partial charge on any atom is 0.222 e. The van der Waals surface area contributed by atoms with Gasteiger partial charge in [-0.05, 0) is 30.0 Å². The molecular formula is C13H14ClNOS2. The van der Waals surface area contributed by atoms with Gasteiger partial charge in [0.1, 0.15) is 0 Å². The van der Waals surface area contributed by atoms with Crippen LogP contribution in [0.25, 0.3) is 0 Å². The zero-order valence-corrected chi connectivity index (χ0v) is 12.4. The first-order chi connectivity index (χ1) is 8.65. The molecular weight excluding hydrogens is 286 g/mol. The molecule has 2 rings (SSSR count). The third-order valence-electron chi connectivity index (χ3n) is 2.61. The van der Waals surface area contributed by atoms with Crippen LogP contribution >= 0.6 is 34.3 Å². The van der Waals surface area contributed by atoms with Gasteiger partial charge in [0.25, 0.3) is 0 Å². The van der Waals surface area contributed by atoms with Crippen molar-refractivity contribution in [2.45, 2.75) is 19.4 Å². The number of carbonyl (C=O) groups is 1. The first-order valence-corrected chi connectivity index (χ1v) is 7.73. The summed E-state index contributed by atoms with van der Waals surface area (Å²) >= 11 is 9.09. The molecule has 0 aliphatic heterocycles. The largest absolute Gasteiger partial charge is 0.341 e. The fraction of sp³-hybridized carbons (Fsp3) is 0.308. The molecule has 0 atom stereocenters. The number of carbonyl (C=O) groups excluding carboxylic acids is 1. The number of nitrogens with zero attached hydrogens (tertiary/aromatic N) is 1. The van der Waals surface area contributed by atoms with Crippen LogP contribution in [0.1, 0.15) is 16.2 Å². The standard InChI is InChI=1S/C13H14ClNOS2/c1-15(9-11-4-6-12(14)18-11)13(16)7-5-10-3-2-8-17-10/h2-4,6,8H,5,7,9H2,1H3. The van der Waals surface area contributed by atoms with Crippen molar-refractivity contribution in [2.75, 3.05) is 7.05 Å². The first kappa shape index (κ1) is 13.6. The Morgan fingerprint density at radius 3 is 2.78 bits per heavy atom. The molecule has 0 saturated carbocycles. The summed E-state index contributed by atoms with van der Waals surface area (Å²) in [6, 6.07) is 7.92. The minimum atomic E-state index is 0.174. The van der Waals surface area contributed by atoms with Crippen LogP contribution in [0.2, 0.25) is 4.34 Å². The van der Waals surface area contributed by atoms with E-state index in [1.807, 2.05) is 30.6 Å². The summed E-state index contributed by atoms with van der Waals surface area (Å²) in [5, 5.41) is 2.04. The topological polar surface area (TPSA) is 20.3 Å². The molecule has 0 aliphatic carbocycles. The van der Waals surface area contributed by atoms with Crippen molar-refractivity contribution in [3.8, 4) is 0 Å². The molecule has 2 nitrogen and oxygen atoms in total. The molecule has 0 radical (unpaired) electrons. The number of thiophene rings is 2. The van der Waals surface area contributed by atoms with Crippen LogP contribution in [-0.4, -0.2) is 17.9 Å². The molecule has 1 amide bonds. The van der Waals surface area contributed by atoms with E-state index in [-0.39, 0.29) is 5.91 Å². The second kappa shape index (κ2) is 6.36. The van der Waals surface area contributed by atoms with Crippen molar-refractivity contribution >= 4 is 40.2 Å². The predicted molar refractivity (Wildman–Crippen MR) is 78.4 cm³/mol. The molecule has 0 spiro atoms. The van der Waals surface area contributed by atoms with Gasteiger partial charge in [0, 0.05) is 23.2 Å². The molecule has 0 unspecified atom stereocenters. The van der Waals surface area contributed by atoms with Crippen molar-refractivity contribution in [3.63, 3.8) is 0 Å². The second-order valence-corrected chi connectivity index (χ2v) is 6.87. The summed E-state index contributed by atoms with van der Waals surface area (Å²) in [6.45, 7) is 0.640. The molecule has 5 heteroatoms. The summed E-state index contributed by atoms with van der Waals surface area (Å²) < 4.78 is 0.768. The van der Waals surface area contributed by atoms with Crippen LogP contribution in [0.5, 0.6) is 0 Å². The van der Waals surface area contributed by atoms with Gasteiger partial charge in [0.05, 0.1) is 10.9 Å². The Bertz CT molecular complexity index is 507. The molecule has 2 heterocycles. The SMILES string of the molecule is CN(Cc1ccc(Cl)s1)C(=O)CCc1cccs1. The lowest BCUT2D eigenvalue weighted by atomic mass is 10.2. The first-order valence-electron chi connectivity index (χ1n) is 5.65. The predicted octanol–water partition coefficient (Wildman–Crippen LogP) is 4.05. The lowest BCUT2D eigenvalue weighted by Crippen LogP contribution is -2.25. The summed E-state index contributed by atoms with van der Waals surface area (Å²) in [7, 11) is 1.84. The normalized spacial score (nSPS) is 10.6. The Labute approximate surface area is 120 Å². The van der Waals surface area contributed by atoms with Gasteiger partial charge in [0.2, 0.25) is 5.91 Å². The lowest BCUT2D eigenvalue weighted by Gasteiger charge is -2.15. The van der Waals surface area contributed by atoms with Crippen LogP contribution in [0.4, 0.5) is 0 Å². The summed E-state index contributed by atoms with van der Waals surface area (Å²) in [6.07, 6.45) is 1.39. The lowest BCUT2D eigenvalue weighted by molar-refractivity contribution is -0.130. The Kier molecular flexibility index (Phi) is 4.80. The highest BCUT2D eigenvalue weighted by atomic mass is 35.5. The maximum absolute atomic E-state index is 12.0. The van der Waals surface area contributed by atoms with E-state index in [0.717, 1.165) is 15.6 Å². The average molecular weight is 300 g/mol. The van der Waals surface area contributed by atoms with E-state index in [1.54, 1.807) is 16.2 Å². The van der Waals surface area contributed by atoms with Gasteiger partial charge in [-0.2, -0.15) is 0 Å². The minimum Gasteiger partial charge on any atom is -0.341 e. The van der Waals surface area contributed by atoms with Crippen molar-refractivity contribution in [1.29, 1.82) is 0 Å². The van der Waals surface area contributed by atoms with E-state index in [4.69, 9.17) is 11.6 Å². The minimum absolute atomic E-state index is 0.174. The van der Waals surface area contributed by atoms with Gasteiger partial charge >= 0.3 is 0 Å². The monoisotopic (exact) mass is 299 g/mol. The van der Waals surface area contributed by atoms with Crippen molar-refractivity contribution in [2.24, 2.45) is 0 Å². The smallest absolute Gasteiger partial charge is 0.222 e. The van der Waals surface area contributed by atoms with Gasteiger partial charge in [0.15, 0.2) is 0 Å².